The summed E-state index contributed by atoms with van der Waals surface area (Å²) in [6.07, 6.45) is 0.00361. The largest absolute Gasteiger partial charge is 0.477 e. The van der Waals surface area contributed by atoms with Gasteiger partial charge >= 0.3 is 5.97 Å². The van der Waals surface area contributed by atoms with Gasteiger partial charge < -0.3 is 5.11 Å². The molecular formula is C11H11N3O4S2. The number of aromatic carboxylic acids is 1. The van der Waals surface area contributed by atoms with Crippen LogP contribution < -0.4 is 0 Å². The van der Waals surface area contributed by atoms with Gasteiger partial charge in [0.15, 0.2) is 0 Å². The van der Waals surface area contributed by atoms with Gasteiger partial charge in [-0.3, -0.25) is 0 Å². The van der Waals surface area contributed by atoms with E-state index in [2.05, 4.69) is 0 Å². The molecule has 0 saturated heterocycles. The van der Waals surface area contributed by atoms with Crippen molar-refractivity contribution in [2.24, 2.45) is 0 Å². The first kappa shape index (κ1) is 16.1. The van der Waals surface area contributed by atoms with E-state index in [0.29, 0.717) is 11.3 Å². The average Bonchev–Trinajstić information content (AvgIpc) is 2.89. The molecule has 0 bridgehead atoms. The molecular weight excluding hydrogens is 302 g/mol. The molecule has 0 atom stereocenters. The second-order valence-corrected chi connectivity index (χ2v) is 6.89. The number of hydrogen-bond acceptors (Lipinski definition) is 6. The summed E-state index contributed by atoms with van der Waals surface area (Å²) in [5.41, 5.74) is 0. The van der Waals surface area contributed by atoms with Crippen molar-refractivity contribution in [1.29, 1.82) is 10.5 Å². The second kappa shape index (κ2) is 7.01. The van der Waals surface area contributed by atoms with Crippen LogP contribution in [-0.2, 0) is 10.0 Å². The number of nitrogens with zero attached hydrogens (tertiary/aromatic N) is 3. The van der Waals surface area contributed by atoms with Crippen LogP contribution in [0, 0.1) is 22.7 Å². The molecule has 106 valence electrons. The Balaban J connectivity index is 3.05. The molecule has 20 heavy (non-hydrogen) atoms. The molecule has 0 aliphatic rings. The minimum atomic E-state index is -3.87. The Kier molecular flexibility index (Phi) is 5.65. The van der Waals surface area contributed by atoms with Crippen molar-refractivity contribution >= 4 is 27.3 Å². The molecule has 0 aromatic carbocycles. The number of thiophene rings is 1. The van der Waals surface area contributed by atoms with Gasteiger partial charge in [0.05, 0.1) is 12.1 Å². The Morgan fingerprint density at radius 2 is 1.80 bits per heavy atom. The fraction of sp³-hybridized carbons (Fsp3) is 0.364. The Bertz CT molecular complexity index is 649. The highest BCUT2D eigenvalue weighted by Gasteiger charge is 2.26. The van der Waals surface area contributed by atoms with E-state index in [4.69, 9.17) is 15.6 Å². The highest BCUT2D eigenvalue weighted by atomic mass is 32.2. The molecule has 0 aliphatic carbocycles. The molecule has 1 heterocycles. The fourth-order valence-electron chi connectivity index (χ4n) is 1.40. The minimum absolute atomic E-state index is 0.00181. The standard InChI is InChI=1S/C11H11N3O4S2/c12-5-1-7-14(8-2-6-13)20(17,18)10-4-3-9(19-10)11(15)16/h3-4H,1-2,7-8H2,(H,15,16). The third-order valence-corrected chi connectivity index (χ3v) is 5.77. The van der Waals surface area contributed by atoms with Crippen molar-refractivity contribution in [3.63, 3.8) is 0 Å². The molecule has 0 fully saturated rings. The maximum atomic E-state index is 12.3. The topological polar surface area (TPSA) is 122 Å². The Morgan fingerprint density at radius 3 is 2.20 bits per heavy atom. The quantitative estimate of drug-likeness (QED) is 0.808. The van der Waals surface area contributed by atoms with E-state index in [9.17, 15) is 13.2 Å². The van der Waals surface area contributed by atoms with E-state index in [0.717, 1.165) is 4.31 Å². The van der Waals surface area contributed by atoms with Crippen LogP contribution in [0.2, 0.25) is 0 Å². The van der Waals surface area contributed by atoms with E-state index in [1.807, 2.05) is 12.1 Å². The summed E-state index contributed by atoms with van der Waals surface area (Å²) in [5, 5.41) is 25.9. The van der Waals surface area contributed by atoms with E-state index in [-0.39, 0.29) is 35.0 Å². The fourth-order valence-corrected chi connectivity index (χ4v) is 4.14. The van der Waals surface area contributed by atoms with Crippen LogP contribution in [0.15, 0.2) is 16.3 Å². The lowest BCUT2D eigenvalue weighted by Crippen LogP contribution is -2.32. The smallest absolute Gasteiger partial charge is 0.345 e. The van der Waals surface area contributed by atoms with E-state index in [1.165, 1.54) is 12.1 Å². The summed E-state index contributed by atoms with van der Waals surface area (Å²) >= 11 is 0.648. The van der Waals surface area contributed by atoms with Crippen LogP contribution in [-0.4, -0.2) is 36.9 Å². The number of carboxylic acids is 1. The highest BCUT2D eigenvalue weighted by Crippen LogP contribution is 2.25. The summed E-state index contributed by atoms with van der Waals surface area (Å²) in [6, 6.07) is 6.12. The lowest BCUT2D eigenvalue weighted by atomic mass is 10.4. The summed E-state index contributed by atoms with van der Waals surface area (Å²) in [4.78, 5) is 10.7. The average molecular weight is 313 g/mol. The first-order valence-electron chi connectivity index (χ1n) is 5.50. The lowest BCUT2D eigenvalue weighted by Gasteiger charge is -2.18. The third-order valence-electron chi connectivity index (χ3n) is 2.33. The maximum Gasteiger partial charge on any atom is 0.345 e. The summed E-state index contributed by atoms with van der Waals surface area (Å²) in [7, 11) is -3.87. The zero-order chi connectivity index (χ0) is 15.2. The molecule has 9 heteroatoms. The molecule has 1 N–H and O–H groups in total. The van der Waals surface area contributed by atoms with E-state index >= 15 is 0 Å². The number of rotatable bonds is 7. The van der Waals surface area contributed by atoms with Gasteiger partial charge in [-0.15, -0.1) is 11.3 Å². The van der Waals surface area contributed by atoms with Gasteiger partial charge in [0.1, 0.15) is 9.09 Å². The Hall–Kier alpha value is -1.94. The van der Waals surface area contributed by atoms with Gasteiger partial charge in [-0.25, -0.2) is 13.2 Å². The number of carboxylic acid groups (broad SMARTS) is 1. The van der Waals surface area contributed by atoms with Crippen molar-refractivity contribution < 1.29 is 18.3 Å². The third kappa shape index (κ3) is 3.78. The van der Waals surface area contributed by atoms with Gasteiger partial charge in [-0.05, 0) is 12.1 Å². The molecule has 1 aromatic heterocycles. The van der Waals surface area contributed by atoms with Crippen LogP contribution in [0.5, 0.6) is 0 Å². The molecule has 1 aromatic rings. The van der Waals surface area contributed by atoms with Crippen LogP contribution in [0.25, 0.3) is 0 Å². The van der Waals surface area contributed by atoms with Crippen molar-refractivity contribution in [1.82, 2.24) is 4.31 Å². The second-order valence-electron chi connectivity index (χ2n) is 3.64. The monoisotopic (exact) mass is 313 g/mol. The van der Waals surface area contributed by atoms with E-state index < -0.39 is 16.0 Å². The summed E-state index contributed by atoms with van der Waals surface area (Å²) in [6.45, 7) is -0.0539. The molecule has 0 unspecified atom stereocenters. The SMILES string of the molecule is N#CCCN(CCC#N)S(=O)(=O)c1ccc(C(=O)O)s1. The first-order valence-corrected chi connectivity index (χ1v) is 7.76. The van der Waals surface area contributed by atoms with Gasteiger partial charge in [0, 0.05) is 25.9 Å². The Morgan fingerprint density at radius 1 is 1.25 bits per heavy atom. The number of nitriles is 2. The summed E-state index contributed by atoms with van der Waals surface area (Å²) in [5.74, 6) is -1.20. The van der Waals surface area contributed by atoms with Crippen molar-refractivity contribution in [2.75, 3.05) is 13.1 Å². The molecule has 0 saturated carbocycles. The number of hydrogen-bond donors (Lipinski definition) is 1. The van der Waals surface area contributed by atoms with Crippen LogP contribution in [0.4, 0.5) is 0 Å². The van der Waals surface area contributed by atoms with Crippen molar-refractivity contribution in [3.05, 3.63) is 17.0 Å². The van der Waals surface area contributed by atoms with Gasteiger partial charge in [-0.1, -0.05) is 0 Å². The van der Waals surface area contributed by atoms with Gasteiger partial charge in [0.25, 0.3) is 10.0 Å². The lowest BCUT2D eigenvalue weighted by molar-refractivity contribution is 0.0702. The van der Waals surface area contributed by atoms with Gasteiger partial charge in [-0.2, -0.15) is 14.8 Å². The number of carbonyl (C=O) groups is 1. The Labute approximate surface area is 120 Å². The van der Waals surface area contributed by atoms with Crippen LogP contribution >= 0.6 is 11.3 Å². The molecule has 1 rings (SSSR count). The zero-order valence-corrected chi connectivity index (χ0v) is 11.9. The molecule has 7 nitrogen and oxygen atoms in total. The molecule has 0 radical (unpaired) electrons. The summed E-state index contributed by atoms with van der Waals surface area (Å²) < 4.78 is 25.5. The molecule has 0 spiro atoms. The predicted octanol–water partition coefficient (Wildman–Crippen LogP) is 1.26. The van der Waals surface area contributed by atoms with Gasteiger partial charge in [0.2, 0.25) is 0 Å². The number of sulfonamides is 1. The zero-order valence-electron chi connectivity index (χ0n) is 10.3. The van der Waals surface area contributed by atoms with Crippen LogP contribution in [0.1, 0.15) is 22.5 Å². The normalized spacial score (nSPS) is 10.9. The van der Waals surface area contributed by atoms with E-state index in [1.54, 1.807) is 0 Å². The highest BCUT2D eigenvalue weighted by molar-refractivity contribution is 7.91. The maximum absolute atomic E-state index is 12.3. The van der Waals surface area contributed by atoms with Crippen molar-refractivity contribution in [2.45, 2.75) is 17.1 Å². The molecule has 0 aliphatic heterocycles. The minimum Gasteiger partial charge on any atom is -0.477 e. The predicted molar refractivity (Wildman–Crippen MR) is 70.5 cm³/mol. The first-order chi connectivity index (χ1) is 9.43. The van der Waals surface area contributed by atoms with Crippen molar-refractivity contribution in [3.8, 4) is 12.1 Å². The van der Waals surface area contributed by atoms with Crippen LogP contribution in [0.3, 0.4) is 0 Å². The molecule has 0 amide bonds.